The average Bonchev–Trinajstić information content (AvgIpc) is 3.38. The fourth-order valence-electron chi connectivity index (χ4n) is 3.06. The first-order valence-electron chi connectivity index (χ1n) is 8.54. The van der Waals surface area contributed by atoms with Gasteiger partial charge in [-0.2, -0.15) is 0 Å². The summed E-state index contributed by atoms with van der Waals surface area (Å²) in [6, 6.07) is 5.60. The van der Waals surface area contributed by atoms with Crippen LogP contribution in [0.4, 0.5) is 4.39 Å². The van der Waals surface area contributed by atoms with Crippen LogP contribution in [0, 0.1) is 11.7 Å². The lowest BCUT2D eigenvalue weighted by Crippen LogP contribution is -2.58. The van der Waals surface area contributed by atoms with E-state index < -0.39 is 11.5 Å². The Kier molecular flexibility index (Phi) is 5.22. The highest BCUT2D eigenvalue weighted by Gasteiger charge is 2.41. The smallest absolute Gasteiger partial charge is 0.223 e. The summed E-state index contributed by atoms with van der Waals surface area (Å²) in [5, 5.41) is 0. The second kappa shape index (κ2) is 7.39. The van der Waals surface area contributed by atoms with Crippen molar-refractivity contribution < 1.29 is 23.5 Å². The molecule has 0 bridgehead atoms. The van der Waals surface area contributed by atoms with E-state index in [4.69, 9.17) is 15.2 Å². The van der Waals surface area contributed by atoms with Crippen LogP contribution in [0.15, 0.2) is 24.3 Å². The molecule has 7 heteroatoms. The summed E-state index contributed by atoms with van der Waals surface area (Å²) >= 11 is 0. The van der Waals surface area contributed by atoms with E-state index in [1.165, 1.54) is 24.3 Å². The van der Waals surface area contributed by atoms with Gasteiger partial charge >= 0.3 is 0 Å². The van der Waals surface area contributed by atoms with Gasteiger partial charge in [-0.1, -0.05) is 0 Å². The summed E-state index contributed by atoms with van der Waals surface area (Å²) in [5.41, 5.74) is 4.41. The molecule has 0 radical (unpaired) electrons. The number of carbonyl (C=O) groups is 2. The standard InChI is InChI=1S/C18H23FN2O4/c19-14-3-5-15(6-4-14)24-12-18(10-16(20)22)11-21(7-8-25-18)17(23)9-13-1-2-13/h3-6,13H,1-2,7-12H2,(H2,20,22). The molecule has 136 valence electrons. The highest BCUT2D eigenvalue weighted by molar-refractivity contribution is 5.78. The molecule has 0 aromatic heterocycles. The van der Waals surface area contributed by atoms with Gasteiger partial charge in [0.1, 0.15) is 23.8 Å². The number of amides is 2. The van der Waals surface area contributed by atoms with Crippen LogP contribution in [0.1, 0.15) is 25.7 Å². The molecule has 1 saturated heterocycles. The van der Waals surface area contributed by atoms with Gasteiger partial charge in [-0.25, -0.2) is 4.39 Å². The third kappa shape index (κ3) is 4.92. The number of carbonyl (C=O) groups excluding carboxylic acids is 2. The number of rotatable bonds is 7. The SMILES string of the molecule is NC(=O)CC1(COc2ccc(F)cc2)CN(C(=O)CC2CC2)CCO1. The summed E-state index contributed by atoms with van der Waals surface area (Å²) in [4.78, 5) is 25.7. The topological polar surface area (TPSA) is 81.9 Å². The van der Waals surface area contributed by atoms with Crippen molar-refractivity contribution in [3.63, 3.8) is 0 Å². The number of nitrogens with two attached hydrogens (primary N) is 1. The van der Waals surface area contributed by atoms with Gasteiger partial charge < -0.3 is 20.1 Å². The Bertz CT molecular complexity index is 632. The fraction of sp³-hybridized carbons (Fsp3) is 0.556. The summed E-state index contributed by atoms with van der Waals surface area (Å²) in [7, 11) is 0. The molecule has 2 aliphatic rings. The van der Waals surface area contributed by atoms with Crippen LogP contribution < -0.4 is 10.5 Å². The molecule has 6 nitrogen and oxygen atoms in total. The number of nitrogens with zero attached hydrogens (tertiary/aromatic N) is 1. The molecule has 1 atom stereocenters. The minimum Gasteiger partial charge on any atom is -0.490 e. The number of hydrogen-bond acceptors (Lipinski definition) is 4. The minimum absolute atomic E-state index is 0.0403. The number of hydrogen-bond donors (Lipinski definition) is 1. The van der Waals surface area contributed by atoms with Crippen molar-refractivity contribution in [2.45, 2.75) is 31.3 Å². The molecule has 25 heavy (non-hydrogen) atoms. The molecule has 2 amide bonds. The van der Waals surface area contributed by atoms with Crippen molar-refractivity contribution in [2.24, 2.45) is 11.7 Å². The zero-order valence-electron chi connectivity index (χ0n) is 14.1. The minimum atomic E-state index is -0.975. The molecular weight excluding hydrogens is 327 g/mol. The Morgan fingerprint density at radius 3 is 2.68 bits per heavy atom. The van der Waals surface area contributed by atoms with Crippen molar-refractivity contribution in [1.29, 1.82) is 0 Å². The third-order valence-corrected chi connectivity index (χ3v) is 4.57. The Balaban J connectivity index is 1.66. The Morgan fingerprint density at radius 1 is 1.32 bits per heavy atom. The van der Waals surface area contributed by atoms with Crippen LogP contribution in [0.2, 0.25) is 0 Å². The molecule has 1 saturated carbocycles. The average molecular weight is 350 g/mol. The molecular formula is C18H23FN2O4. The van der Waals surface area contributed by atoms with Gasteiger partial charge in [0.05, 0.1) is 19.6 Å². The lowest BCUT2D eigenvalue weighted by Gasteiger charge is -2.42. The molecule has 1 heterocycles. The van der Waals surface area contributed by atoms with E-state index in [2.05, 4.69) is 0 Å². The van der Waals surface area contributed by atoms with Gasteiger partial charge in [0.15, 0.2) is 0 Å². The van der Waals surface area contributed by atoms with E-state index in [0.717, 1.165) is 12.8 Å². The molecule has 3 rings (SSSR count). The summed E-state index contributed by atoms with van der Waals surface area (Å²) in [5.74, 6) is 0.178. The molecule has 2 fully saturated rings. The largest absolute Gasteiger partial charge is 0.490 e. The third-order valence-electron chi connectivity index (χ3n) is 4.57. The van der Waals surface area contributed by atoms with E-state index in [0.29, 0.717) is 31.2 Å². The van der Waals surface area contributed by atoms with Crippen LogP contribution in [-0.4, -0.2) is 48.6 Å². The lowest BCUT2D eigenvalue weighted by atomic mass is 9.97. The van der Waals surface area contributed by atoms with Crippen molar-refractivity contribution in [2.75, 3.05) is 26.3 Å². The summed E-state index contributed by atoms with van der Waals surface area (Å²) < 4.78 is 24.5. The highest BCUT2D eigenvalue weighted by atomic mass is 19.1. The monoisotopic (exact) mass is 350 g/mol. The molecule has 1 aromatic rings. The van der Waals surface area contributed by atoms with E-state index in [1.54, 1.807) is 4.90 Å². The number of morpholine rings is 1. The number of halogens is 1. The second-order valence-electron chi connectivity index (χ2n) is 6.88. The Labute approximate surface area is 146 Å². The number of ether oxygens (including phenoxy) is 2. The van der Waals surface area contributed by atoms with Crippen LogP contribution in [0.5, 0.6) is 5.75 Å². The molecule has 1 aliphatic heterocycles. The Hall–Kier alpha value is -2.15. The van der Waals surface area contributed by atoms with Crippen LogP contribution >= 0.6 is 0 Å². The zero-order chi connectivity index (χ0) is 17.9. The van der Waals surface area contributed by atoms with Gasteiger partial charge in [-0.05, 0) is 43.0 Å². The first-order chi connectivity index (χ1) is 12.0. The quantitative estimate of drug-likeness (QED) is 0.807. The first-order valence-corrected chi connectivity index (χ1v) is 8.54. The van der Waals surface area contributed by atoms with Crippen molar-refractivity contribution in [3.05, 3.63) is 30.1 Å². The van der Waals surface area contributed by atoms with E-state index in [9.17, 15) is 14.0 Å². The normalized spacial score (nSPS) is 23.3. The van der Waals surface area contributed by atoms with E-state index in [-0.39, 0.29) is 31.3 Å². The molecule has 1 unspecified atom stereocenters. The first kappa shape index (κ1) is 17.7. The molecule has 2 N–H and O–H groups in total. The van der Waals surface area contributed by atoms with Gasteiger partial charge in [0, 0.05) is 13.0 Å². The molecule has 1 aliphatic carbocycles. The van der Waals surface area contributed by atoms with Crippen molar-refractivity contribution >= 4 is 11.8 Å². The predicted molar refractivity (Wildman–Crippen MR) is 88.3 cm³/mol. The van der Waals surface area contributed by atoms with Crippen LogP contribution in [0.25, 0.3) is 0 Å². The Morgan fingerprint density at radius 2 is 2.04 bits per heavy atom. The highest BCUT2D eigenvalue weighted by Crippen LogP contribution is 2.33. The number of primary amides is 1. The van der Waals surface area contributed by atoms with Crippen molar-refractivity contribution in [1.82, 2.24) is 4.90 Å². The molecule has 1 aromatic carbocycles. The van der Waals surface area contributed by atoms with E-state index >= 15 is 0 Å². The van der Waals surface area contributed by atoms with Gasteiger partial charge in [0.25, 0.3) is 0 Å². The maximum absolute atomic E-state index is 13.0. The fourth-order valence-corrected chi connectivity index (χ4v) is 3.06. The van der Waals surface area contributed by atoms with E-state index in [1.807, 2.05) is 0 Å². The van der Waals surface area contributed by atoms with Crippen LogP contribution in [-0.2, 0) is 14.3 Å². The molecule has 0 spiro atoms. The summed E-state index contributed by atoms with van der Waals surface area (Å²) in [6.45, 7) is 1.16. The second-order valence-corrected chi connectivity index (χ2v) is 6.88. The predicted octanol–water partition coefficient (Wildman–Crippen LogP) is 1.48. The van der Waals surface area contributed by atoms with Crippen LogP contribution in [0.3, 0.4) is 0 Å². The zero-order valence-corrected chi connectivity index (χ0v) is 14.1. The van der Waals surface area contributed by atoms with Crippen molar-refractivity contribution in [3.8, 4) is 5.75 Å². The lowest BCUT2D eigenvalue weighted by molar-refractivity contribution is -0.162. The van der Waals surface area contributed by atoms with Gasteiger partial charge in [-0.3, -0.25) is 9.59 Å². The maximum atomic E-state index is 13.0. The maximum Gasteiger partial charge on any atom is 0.223 e. The van der Waals surface area contributed by atoms with Gasteiger partial charge in [-0.15, -0.1) is 0 Å². The summed E-state index contributed by atoms with van der Waals surface area (Å²) in [6.07, 6.45) is 2.72. The van der Waals surface area contributed by atoms with Gasteiger partial charge in [0.2, 0.25) is 11.8 Å². The number of benzene rings is 1.